The minimum atomic E-state index is -0.996. The molecule has 1 aromatic rings. The van der Waals surface area contributed by atoms with Crippen molar-refractivity contribution >= 4 is 17.9 Å². The van der Waals surface area contributed by atoms with Gasteiger partial charge < -0.3 is 9.47 Å². The SMILES string of the molecule is CCC(C)(CC)CC(C)(CC1(C)CC(C)(CC(c2ccccc2)C(C)(CC)CC)C(=O)OC1=O)C(=O)OC. The first-order valence-corrected chi connectivity index (χ1v) is 14.5. The summed E-state index contributed by atoms with van der Waals surface area (Å²) in [5.74, 6) is -1.19. The van der Waals surface area contributed by atoms with Gasteiger partial charge in [-0.1, -0.05) is 97.6 Å². The van der Waals surface area contributed by atoms with Crippen molar-refractivity contribution in [1.29, 1.82) is 0 Å². The number of hydrogen-bond donors (Lipinski definition) is 0. The number of benzene rings is 1. The zero-order valence-electron chi connectivity index (χ0n) is 25.7. The third-order valence-corrected chi connectivity index (χ3v) is 10.2. The van der Waals surface area contributed by atoms with E-state index in [0.717, 1.165) is 25.7 Å². The molecule has 0 radical (unpaired) electrons. The molecule has 1 fully saturated rings. The molecule has 0 amide bonds. The van der Waals surface area contributed by atoms with Gasteiger partial charge in [-0.25, -0.2) is 0 Å². The van der Waals surface area contributed by atoms with Crippen LogP contribution >= 0.6 is 0 Å². The monoisotopic (exact) mass is 528 g/mol. The molecule has 0 aliphatic carbocycles. The Morgan fingerprint density at radius 1 is 0.921 bits per heavy atom. The van der Waals surface area contributed by atoms with Crippen molar-refractivity contribution in [2.24, 2.45) is 27.1 Å². The molecule has 4 atom stereocenters. The molecule has 1 heterocycles. The largest absolute Gasteiger partial charge is 0.469 e. The number of ether oxygens (including phenoxy) is 2. The van der Waals surface area contributed by atoms with Crippen molar-refractivity contribution in [3.8, 4) is 0 Å². The zero-order chi connectivity index (χ0) is 29.0. The Kier molecular flexibility index (Phi) is 10.1. The second kappa shape index (κ2) is 11.9. The topological polar surface area (TPSA) is 69.7 Å². The summed E-state index contributed by atoms with van der Waals surface area (Å²) in [6.45, 7) is 18.9. The lowest BCUT2D eigenvalue weighted by Crippen LogP contribution is -2.52. The maximum Gasteiger partial charge on any atom is 0.319 e. The van der Waals surface area contributed by atoms with E-state index in [2.05, 4.69) is 53.7 Å². The van der Waals surface area contributed by atoms with Gasteiger partial charge in [0, 0.05) is 0 Å². The van der Waals surface area contributed by atoms with Crippen LogP contribution in [0.3, 0.4) is 0 Å². The van der Waals surface area contributed by atoms with Crippen LogP contribution in [0.2, 0.25) is 0 Å². The molecule has 0 spiro atoms. The standard InChI is InChI=1S/C33H52O5/c1-11-29(5,12-2)21-32(8,26(34)37-10)23-33(9)22-31(7,27(35)38-28(33)36)20-25(30(6,13-3)14-4)24-18-16-15-17-19-24/h15-19,25H,11-14,20-23H2,1-10H3. The average Bonchev–Trinajstić information content (AvgIpc) is 2.90. The van der Waals surface area contributed by atoms with Crippen molar-refractivity contribution in [3.05, 3.63) is 35.9 Å². The van der Waals surface area contributed by atoms with E-state index >= 15 is 0 Å². The highest BCUT2D eigenvalue weighted by molar-refractivity contribution is 5.95. The normalized spacial score (nSPS) is 24.9. The molecule has 1 saturated heterocycles. The van der Waals surface area contributed by atoms with E-state index in [1.54, 1.807) is 0 Å². The second-order valence-electron chi connectivity index (χ2n) is 13.4. The molecule has 5 nitrogen and oxygen atoms in total. The van der Waals surface area contributed by atoms with Crippen LogP contribution in [-0.4, -0.2) is 25.0 Å². The Balaban J connectivity index is 2.52. The van der Waals surface area contributed by atoms with Gasteiger partial charge in [0.2, 0.25) is 0 Å². The lowest BCUT2D eigenvalue weighted by molar-refractivity contribution is -0.189. The van der Waals surface area contributed by atoms with Gasteiger partial charge in [0.1, 0.15) is 0 Å². The molecule has 1 aromatic carbocycles. The summed E-state index contributed by atoms with van der Waals surface area (Å²) in [5.41, 5.74) is -1.64. The van der Waals surface area contributed by atoms with E-state index in [1.165, 1.54) is 12.7 Å². The van der Waals surface area contributed by atoms with E-state index in [9.17, 15) is 14.4 Å². The third-order valence-electron chi connectivity index (χ3n) is 10.2. The Morgan fingerprint density at radius 3 is 1.92 bits per heavy atom. The Morgan fingerprint density at radius 2 is 1.45 bits per heavy atom. The molecule has 214 valence electrons. The summed E-state index contributed by atoms with van der Waals surface area (Å²) in [5, 5.41) is 0. The molecule has 1 aliphatic heterocycles. The fourth-order valence-electron chi connectivity index (χ4n) is 7.03. The van der Waals surface area contributed by atoms with Gasteiger partial charge in [0.15, 0.2) is 0 Å². The van der Waals surface area contributed by atoms with E-state index in [-0.39, 0.29) is 29.1 Å². The first kappa shape index (κ1) is 32.0. The molecular weight excluding hydrogens is 476 g/mol. The number of hydrogen-bond acceptors (Lipinski definition) is 5. The second-order valence-corrected chi connectivity index (χ2v) is 13.4. The van der Waals surface area contributed by atoms with Crippen LogP contribution in [0.25, 0.3) is 0 Å². The van der Waals surface area contributed by atoms with Crippen molar-refractivity contribution in [2.45, 2.75) is 120 Å². The van der Waals surface area contributed by atoms with Crippen LogP contribution in [0.4, 0.5) is 0 Å². The van der Waals surface area contributed by atoms with Gasteiger partial charge in [0.25, 0.3) is 0 Å². The fourth-order valence-corrected chi connectivity index (χ4v) is 7.03. The van der Waals surface area contributed by atoms with Crippen molar-refractivity contribution in [3.63, 3.8) is 0 Å². The summed E-state index contributed by atoms with van der Waals surface area (Å²) in [6, 6.07) is 10.4. The molecule has 0 saturated carbocycles. The number of methoxy groups -OCH3 is 1. The summed E-state index contributed by atoms with van der Waals surface area (Å²) in [6.07, 6.45) is 5.56. The van der Waals surface area contributed by atoms with Crippen molar-refractivity contribution < 1.29 is 23.9 Å². The summed E-state index contributed by atoms with van der Waals surface area (Å²) < 4.78 is 10.8. The summed E-state index contributed by atoms with van der Waals surface area (Å²) in [7, 11) is 1.41. The number of cyclic esters (lactones) is 2. The van der Waals surface area contributed by atoms with Gasteiger partial charge >= 0.3 is 17.9 Å². The van der Waals surface area contributed by atoms with Gasteiger partial charge in [-0.3, -0.25) is 14.4 Å². The Labute approximate surface area is 231 Å². The highest BCUT2D eigenvalue weighted by Crippen LogP contribution is 2.56. The number of esters is 3. The number of carbonyl (C=O) groups is 3. The van der Waals surface area contributed by atoms with E-state index in [0.29, 0.717) is 19.3 Å². The molecular formula is C33H52O5. The molecule has 5 heteroatoms. The number of rotatable bonds is 13. The van der Waals surface area contributed by atoms with E-state index in [4.69, 9.17) is 9.47 Å². The van der Waals surface area contributed by atoms with Gasteiger partial charge in [-0.15, -0.1) is 0 Å². The lowest BCUT2D eigenvalue weighted by Gasteiger charge is -2.48. The maximum absolute atomic E-state index is 13.4. The molecule has 0 N–H and O–H groups in total. The van der Waals surface area contributed by atoms with Gasteiger partial charge in [-0.05, 0) is 68.8 Å². The van der Waals surface area contributed by atoms with Crippen LogP contribution in [-0.2, 0) is 23.9 Å². The quantitative estimate of drug-likeness (QED) is 0.190. The van der Waals surface area contributed by atoms with Gasteiger partial charge in [0.05, 0.1) is 23.4 Å². The summed E-state index contributed by atoms with van der Waals surface area (Å²) >= 11 is 0. The Bertz CT molecular complexity index is 976. The molecule has 0 aromatic heterocycles. The highest BCUT2D eigenvalue weighted by Gasteiger charge is 2.57. The predicted octanol–water partition coefficient (Wildman–Crippen LogP) is 8.26. The maximum atomic E-state index is 13.4. The van der Waals surface area contributed by atoms with Crippen molar-refractivity contribution in [2.75, 3.05) is 7.11 Å². The van der Waals surface area contributed by atoms with Crippen LogP contribution in [0, 0.1) is 27.1 Å². The molecule has 2 rings (SSSR count). The average molecular weight is 529 g/mol. The summed E-state index contributed by atoms with van der Waals surface area (Å²) in [4.78, 5) is 40.0. The molecule has 38 heavy (non-hydrogen) atoms. The zero-order valence-corrected chi connectivity index (χ0v) is 25.7. The fraction of sp³-hybridized carbons (Fsp3) is 0.727. The van der Waals surface area contributed by atoms with Crippen LogP contribution in [0.5, 0.6) is 0 Å². The van der Waals surface area contributed by atoms with E-state index in [1.807, 2.05) is 39.0 Å². The molecule has 4 unspecified atom stereocenters. The minimum absolute atomic E-state index is 0.0207. The first-order valence-electron chi connectivity index (χ1n) is 14.5. The predicted molar refractivity (Wildman–Crippen MR) is 152 cm³/mol. The van der Waals surface area contributed by atoms with Crippen molar-refractivity contribution in [1.82, 2.24) is 0 Å². The van der Waals surface area contributed by atoms with Gasteiger partial charge in [-0.2, -0.15) is 0 Å². The Hall–Kier alpha value is -2.17. The molecule has 0 bridgehead atoms. The van der Waals surface area contributed by atoms with Crippen LogP contribution < -0.4 is 0 Å². The van der Waals surface area contributed by atoms with Crippen LogP contribution in [0.1, 0.15) is 125 Å². The number of carbonyl (C=O) groups excluding carboxylic acids is 3. The third kappa shape index (κ3) is 6.51. The minimum Gasteiger partial charge on any atom is -0.469 e. The van der Waals surface area contributed by atoms with E-state index < -0.39 is 28.2 Å². The highest BCUT2D eigenvalue weighted by atomic mass is 16.6. The van der Waals surface area contributed by atoms with Crippen LogP contribution in [0.15, 0.2) is 30.3 Å². The first-order chi connectivity index (χ1) is 17.6. The smallest absolute Gasteiger partial charge is 0.319 e. The lowest BCUT2D eigenvalue weighted by atomic mass is 9.57. The molecule has 1 aliphatic rings.